The summed E-state index contributed by atoms with van der Waals surface area (Å²) in [5.41, 5.74) is 3.65. The highest BCUT2D eigenvalue weighted by molar-refractivity contribution is 7.13. The molecule has 144 valence electrons. The van der Waals surface area contributed by atoms with Crippen molar-refractivity contribution in [1.82, 2.24) is 25.6 Å². The van der Waals surface area contributed by atoms with Crippen molar-refractivity contribution in [3.63, 3.8) is 0 Å². The maximum absolute atomic E-state index is 13.4. The van der Waals surface area contributed by atoms with Crippen LogP contribution in [0.25, 0.3) is 11.4 Å². The van der Waals surface area contributed by atoms with Crippen molar-refractivity contribution >= 4 is 22.4 Å². The van der Waals surface area contributed by atoms with Crippen molar-refractivity contribution in [3.05, 3.63) is 76.8 Å². The fourth-order valence-electron chi connectivity index (χ4n) is 4.22. The molecule has 7 nitrogen and oxygen atoms in total. The van der Waals surface area contributed by atoms with Gasteiger partial charge >= 0.3 is 0 Å². The molecular weight excluding hydrogens is 384 g/mol. The van der Waals surface area contributed by atoms with Gasteiger partial charge in [0, 0.05) is 23.1 Å². The third kappa shape index (κ3) is 3.01. The Hall–Kier alpha value is -3.39. The van der Waals surface area contributed by atoms with Gasteiger partial charge in [0.15, 0.2) is 11.0 Å². The van der Waals surface area contributed by atoms with Crippen LogP contribution in [0.15, 0.2) is 60.1 Å². The van der Waals surface area contributed by atoms with Crippen molar-refractivity contribution in [2.24, 2.45) is 5.41 Å². The number of carbonyl (C=O) groups excluding carboxylic acids is 1. The van der Waals surface area contributed by atoms with Gasteiger partial charge in [-0.1, -0.05) is 42.5 Å². The Bertz CT molecular complexity index is 1140. The molecule has 5 rings (SSSR count). The van der Waals surface area contributed by atoms with Gasteiger partial charge in [0.2, 0.25) is 5.91 Å². The van der Waals surface area contributed by atoms with Gasteiger partial charge in [0.05, 0.1) is 5.41 Å². The Labute approximate surface area is 171 Å². The third-order valence-electron chi connectivity index (χ3n) is 5.57. The third-order valence-corrected chi connectivity index (χ3v) is 6.26. The lowest BCUT2D eigenvalue weighted by Crippen LogP contribution is -2.37. The molecular formula is C21H18N6OS. The molecule has 0 fully saturated rings. The van der Waals surface area contributed by atoms with Crippen LogP contribution in [0.1, 0.15) is 29.5 Å². The van der Waals surface area contributed by atoms with Gasteiger partial charge in [0.25, 0.3) is 0 Å². The van der Waals surface area contributed by atoms with E-state index in [1.165, 1.54) is 11.3 Å². The second kappa shape index (κ2) is 6.89. The van der Waals surface area contributed by atoms with E-state index in [-0.39, 0.29) is 11.8 Å². The summed E-state index contributed by atoms with van der Waals surface area (Å²) in [6, 6.07) is 16.3. The fraction of sp³-hybridized carbons (Fsp3) is 0.190. The molecule has 1 aliphatic rings. The van der Waals surface area contributed by atoms with Crippen LogP contribution in [-0.4, -0.2) is 31.5 Å². The minimum Gasteiger partial charge on any atom is -0.301 e. The zero-order valence-electron chi connectivity index (χ0n) is 15.7. The smallest absolute Gasteiger partial charge is 0.233 e. The zero-order chi connectivity index (χ0) is 19.8. The SMILES string of the molecule is C[C@@]1(C(=O)Nc2nccs2)Cc2ccc(-c3nnn[nH]3)cc2[C@@H]1c1ccccc1. The molecule has 0 bridgehead atoms. The van der Waals surface area contributed by atoms with Gasteiger partial charge in [-0.25, -0.2) is 10.1 Å². The number of nitrogens with one attached hydrogen (secondary N) is 2. The number of rotatable bonds is 4. The van der Waals surface area contributed by atoms with Crippen LogP contribution < -0.4 is 5.32 Å². The highest BCUT2D eigenvalue weighted by atomic mass is 32.1. The van der Waals surface area contributed by atoms with E-state index in [2.05, 4.69) is 55.2 Å². The molecule has 2 N–H and O–H groups in total. The number of thiazole rings is 1. The van der Waals surface area contributed by atoms with E-state index < -0.39 is 5.41 Å². The molecule has 29 heavy (non-hydrogen) atoms. The summed E-state index contributed by atoms with van der Waals surface area (Å²) in [5.74, 6) is 0.496. The second-order valence-electron chi connectivity index (χ2n) is 7.39. The predicted octanol–water partition coefficient (Wildman–Crippen LogP) is 3.66. The summed E-state index contributed by atoms with van der Waals surface area (Å²) in [4.78, 5) is 17.6. The van der Waals surface area contributed by atoms with Crippen LogP contribution >= 0.6 is 11.3 Å². The van der Waals surface area contributed by atoms with E-state index in [1.807, 2.05) is 36.6 Å². The van der Waals surface area contributed by atoms with Gasteiger partial charge in [-0.3, -0.25) is 4.79 Å². The monoisotopic (exact) mass is 402 g/mol. The number of aromatic nitrogens is 5. The maximum atomic E-state index is 13.4. The number of hydrogen-bond donors (Lipinski definition) is 2. The number of nitrogens with zero attached hydrogens (tertiary/aromatic N) is 4. The Morgan fingerprint density at radius 1 is 1.24 bits per heavy atom. The van der Waals surface area contributed by atoms with Gasteiger partial charge < -0.3 is 5.32 Å². The van der Waals surface area contributed by atoms with Gasteiger partial charge in [-0.2, -0.15) is 0 Å². The van der Waals surface area contributed by atoms with E-state index >= 15 is 0 Å². The summed E-state index contributed by atoms with van der Waals surface area (Å²) in [6.45, 7) is 2.03. The average Bonchev–Trinajstić information content (AvgIpc) is 3.48. The summed E-state index contributed by atoms with van der Waals surface area (Å²) < 4.78 is 0. The van der Waals surface area contributed by atoms with Crippen LogP contribution in [-0.2, 0) is 11.2 Å². The molecule has 2 aromatic carbocycles. The van der Waals surface area contributed by atoms with Crippen molar-refractivity contribution in [2.75, 3.05) is 5.32 Å². The molecule has 0 saturated carbocycles. The molecule has 1 aliphatic carbocycles. The number of fused-ring (bicyclic) bond motifs is 1. The van der Waals surface area contributed by atoms with E-state index in [1.54, 1.807) is 6.20 Å². The van der Waals surface area contributed by atoms with Crippen LogP contribution in [0.5, 0.6) is 0 Å². The molecule has 0 aliphatic heterocycles. The van der Waals surface area contributed by atoms with Crippen LogP contribution in [0.3, 0.4) is 0 Å². The van der Waals surface area contributed by atoms with Crippen molar-refractivity contribution < 1.29 is 4.79 Å². The quantitative estimate of drug-likeness (QED) is 0.543. The maximum Gasteiger partial charge on any atom is 0.233 e. The van der Waals surface area contributed by atoms with Gasteiger partial charge in [-0.05, 0) is 46.5 Å². The van der Waals surface area contributed by atoms with E-state index in [9.17, 15) is 4.79 Å². The molecule has 2 atom stereocenters. The minimum atomic E-state index is -0.645. The van der Waals surface area contributed by atoms with Gasteiger partial charge in [0.1, 0.15) is 0 Å². The number of hydrogen-bond acceptors (Lipinski definition) is 6. The van der Waals surface area contributed by atoms with Crippen LogP contribution in [0, 0.1) is 5.41 Å². The number of amides is 1. The number of tetrazole rings is 1. The number of aromatic amines is 1. The Kier molecular flexibility index (Phi) is 4.21. The summed E-state index contributed by atoms with van der Waals surface area (Å²) in [7, 11) is 0. The molecule has 0 unspecified atom stereocenters. The molecule has 2 heterocycles. The molecule has 4 aromatic rings. The molecule has 0 spiro atoms. The number of benzene rings is 2. The van der Waals surface area contributed by atoms with Crippen molar-refractivity contribution in [3.8, 4) is 11.4 Å². The van der Waals surface area contributed by atoms with E-state index in [4.69, 9.17) is 0 Å². The predicted molar refractivity (Wildman–Crippen MR) is 110 cm³/mol. The fourth-order valence-corrected chi connectivity index (χ4v) is 4.75. The average molecular weight is 402 g/mol. The lowest BCUT2D eigenvalue weighted by molar-refractivity contribution is -0.125. The van der Waals surface area contributed by atoms with E-state index in [0.717, 1.165) is 22.3 Å². The van der Waals surface area contributed by atoms with Crippen LogP contribution in [0.2, 0.25) is 0 Å². The summed E-state index contributed by atoms with van der Waals surface area (Å²) in [5, 5.41) is 19.7. The highest BCUT2D eigenvalue weighted by Gasteiger charge is 2.49. The molecule has 8 heteroatoms. The lowest BCUT2D eigenvalue weighted by Gasteiger charge is -2.31. The Balaban J connectivity index is 1.61. The molecule has 1 amide bonds. The molecule has 2 aromatic heterocycles. The Morgan fingerprint density at radius 2 is 2.10 bits per heavy atom. The summed E-state index contributed by atoms with van der Waals surface area (Å²) >= 11 is 1.42. The van der Waals surface area contributed by atoms with E-state index in [0.29, 0.717) is 17.4 Å². The topological polar surface area (TPSA) is 96.5 Å². The second-order valence-corrected chi connectivity index (χ2v) is 8.29. The number of anilines is 1. The minimum absolute atomic E-state index is 0.0274. The highest BCUT2D eigenvalue weighted by Crippen LogP contribution is 2.52. The largest absolute Gasteiger partial charge is 0.301 e. The number of H-pyrrole nitrogens is 1. The first-order chi connectivity index (χ1) is 14.1. The lowest BCUT2D eigenvalue weighted by atomic mass is 9.73. The number of carbonyl (C=O) groups is 1. The standard InChI is InChI=1S/C21H18N6OS/c1-21(19(28)23-20-22-9-10-29-20)12-15-8-7-14(18-24-26-27-25-18)11-16(15)17(21)13-5-3-2-4-6-13/h2-11,17H,12H2,1H3,(H,22,23,28)(H,24,25,26,27)/t17-,21+/m0/s1. The first-order valence-corrected chi connectivity index (χ1v) is 10.2. The zero-order valence-corrected chi connectivity index (χ0v) is 16.5. The molecule has 0 radical (unpaired) electrons. The Morgan fingerprint density at radius 3 is 2.83 bits per heavy atom. The first-order valence-electron chi connectivity index (χ1n) is 9.28. The van der Waals surface area contributed by atoms with Crippen molar-refractivity contribution in [2.45, 2.75) is 19.3 Å². The van der Waals surface area contributed by atoms with Crippen LogP contribution in [0.4, 0.5) is 5.13 Å². The molecule has 0 saturated heterocycles. The summed E-state index contributed by atoms with van der Waals surface area (Å²) in [6.07, 6.45) is 2.34. The normalized spacial score (nSPS) is 20.4. The first kappa shape index (κ1) is 17.7. The van der Waals surface area contributed by atoms with Crippen molar-refractivity contribution in [1.29, 1.82) is 0 Å². The van der Waals surface area contributed by atoms with Gasteiger partial charge in [-0.15, -0.1) is 16.4 Å².